The van der Waals surface area contributed by atoms with Crippen LogP contribution in [0.2, 0.25) is 0 Å². The molecule has 1 heterocycles. The minimum absolute atomic E-state index is 0. The van der Waals surface area contributed by atoms with Crippen LogP contribution < -0.4 is 0 Å². The van der Waals surface area contributed by atoms with Crippen molar-refractivity contribution < 1.29 is 4.92 Å². The summed E-state index contributed by atoms with van der Waals surface area (Å²) in [5.74, 6) is 0.916. The predicted octanol–water partition coefficient (Wildman–Crippen LogP) is 3.25. The highest BCUT2D eigenvalue weighted by atomic mass is 35.5. The van der Waals surface area contributed by atoms with E-state index < -0.39 is 4.92 Å². The summed E-state index contributed by atoms with van der Waals surface area (Å²) >= 11 is 5.74. The standard InChI is InChI=1S/C11H10ClN3O2.ClH/c1-8-2-3-9(6-10(8)15(16)17)14-5-4-13-11(14)7-12;/h2-6H,7H2,1H3;1H. The summed E-state index contributed by atoms with van der Waals surface area (Å²) in [5.41, 5.74) is 1.42. The molecule has 0 atom stereocenters. The molecule has 0 fully saturated rings. The molecular formula is C11H11Cl2N3O2. The van der Waals surface area contributed by atoms with E-state index in [2.05, 4.69) is 4.98 Å². The molecule has 0 amide bonds. The number of halogens is 2. The van der Waals surface area contributed by atoms with Gasteiger partial charge in [-0.1, -0.05) is 6.07 Å². The number of nitro benzene ring substituents is 1. The van der Waals surface area contributed by atoms with Crippen LogP contribution in [0.5, 0.6) is 0 Å². The number of benzene rings is 1. The molecule has 0 saturated heterocycles. The molecule has 0 aliphatic rings. The van der Waals surface area contributed by atoms with E-state index in [0.717, 1.165) is 0 Å². The van der Waals surface area contributed by atoms with Gasteiger partial charge in [0.2, 0.25) is 0 Å². The maximum atomic E-state index is 10.9. The van der Waals surface area contributed by atoms with Gasteiger partial charge in [0.1, 0.15) is 5.82 Å². The molecule has 1 aromatic heterocycles. The lowest BCUT2D eigenvalue weighted by Crippen LogP contribution is -2.00. The Balaban J connectivity index is 0.00000162. The number of imidazole rings is 1. The summed E-state index contributed by atoms with van der Waals surface area (Å²) in [5, 5.41) is 10.9. The topological polar surface area (TPSA) is 61.0 Å². The normalized spacial score (nSPS) is 9.89. The van der Waals surface area contributed by atoms with E-state index in [1.54, 1.807) is 36.0 Å². The first-order valence-corrected chi connectivity index (χ1v) is 5.50. The van der Waals surface area contributed by atoms with E-state index in [1.807, 2.05) is 0 Å². The molecule has 2 aromatic rings. The Morgan fingerprint density at radius 2 is 2.22 bits per heavy atom. The van der Waals surface area contributed by atoms with Crippen LogP contribution >= 0.6 is 24.0 Å². The van der Waals surface area contributed by atoms with Crippen LogP contribution in [-0.4, -0.2) is 14.5 Å². The van der Waals surface area contributed by atoms with Gasteiger partial charge in [-0.25, -0.2) is 4.98 Å². The van der Waals surface area contributed by atoms with Gasteiger partial charge in [0, 0.05) is 24.0 Å². The zero-order valence-corrected chi connectivity index (χ0v) is 11.1. The van der Waals surface area contributed by atoms with Crippen molar-refractivity contribution in [2.45, 2.75) is 12.8 Å². The molecule has 0 unspecified atom stereocenters. The van der Waals surface area contributed by atoms with Gasteiger partial charge in [0.05, 0.1) is 16.5 Å². The number of hydrogen-bond acceptors (Lipinski definition) is 3. The van der Waals surface area contributed by atoms with E-state index in [4.69, 9.17) is 11.6 Å². The van der Waals surface area contributed by atoms with Crippen LogP contribution in [0.4, 0.5) is 5.69 Å². The van der Waals surface area contributed by atoms with Crippen LogP contribution in [0.3, 0.4) is 0 Å². The highest BCUT2D eigenvalue weighted by Gasteiger charge is 2.13. The average Bonchev–Trinajstić information content (AvgIpc) is 2.77. The second-order valence-electron chi connectivity index (χ2n) is 3.58. The Morgan fingerprint density at radius 3 is 2.83 bits per heavy atom. The minimum atomic E-state index is -0.393. The molecule has 0 spiro atoms. The average molecular weight is 288 g/mol. The first-order valence-electron chi connectivity index (χ1n) is 4.97. The highest BCUT2D eigenvalue weighted by molar-refractivity contribution is 6.16. The fraction of sp³-hybridized carbons (Fsp3) is 0.182. The van der Waals surface area contributed by atoms with Crippen molar-refractivity contribution >= 4 is 29.7 Å². The molecule has 0 bridgehead atoms. The van der Waals surface area contributed by atoms with E-state index in [9.17, 15) is 10.1 Å². The Bertz CT molecular complexity index is 569. The molecule has 18 heavy (non-hydrogen) atoms. The van der Waals surface area contributed by atoms with Crippen LogP contribution in [0.15, 0.2) is 30.6 Å². The summed E-state index contributed by atoms with van der Waals surface area (Å²) in [4.78, 5) is 14.5. The van der Waals surface area contributed by atoms with Gasteiger partial charge < -0.3 is 4.57 Å². The quantitative estimate of drug-likeness (QED) is 0.495. The van der Waals surface area contributed by atoms with Gasteiger partial charge in [0.25, 0.3) is 5.69 Å². The Labute approximate surface area is 115 Å². The lowest BCUT2D eigenvalue weighted by Gasteiger charge is -2.06. The van der Waals surface area contributed by atoms with E-state index in [1.165, 1.54) is 6.07 Å². The monoisotopic (exact) mass is 287 g/mol. The van der Waals surface area contributed by atoms with E-state index in [0.29, 0.717) is 17.1 Å². The number of aryl methyl sites for hydroxylation is 1. The number of alkyl halides is 1. The van der Waals surface area contributed by atoms with Crippen molar-refractivity contribution in [1.29, 1.82) is 0 Å². The lowest BCUT2D eigenvalue weighted by atomic mass is 10.2. The molecule has 0 aliphatic carbocycles. The lowest BCUT2D eigenvalue weighted by molar-refractivity contribution is -0.385. The van der Waals surface area contributed by atoms with Crippen molar-refractivity contribution in [3.63, 3.8) is 0 Å². The Kier molecular flexibility index (Phi) is 4.69. The maximum Gasteiger partial charge on any atom is 0.274 e. The van der Waals surface area contributed by atoms with Crippen LogP contribution in [-0.2, 0) is 5.88 Å². The van der Waals surface area contributed by atoms with Gasteiger partial charge in [0.15, 0.2) is 0 Å². The van der Waals surface area contributed by atoms with Crippen LogP contribution in [0, 0.1) is 17.0 Å². The van der Waals surface area contributed by atoms with E-state index >= 15 is 0 Å². The molecule has 0 radical (unpaired) electrons. The zero-order chi connectivity index (χ0) is 12.4. The van der Waals surface area contributed by atoms with Crippen molar-refractivity contribution in [3.05, 3.63) is 52.1 Å². The fourth-order valence-corrected chi connectivity index (χ4v) is 1.81. The number of nitro groups is 1. The second kappa shape index (κ2) is 5.84. The van der Waals surface area contributed by atoms with Crippen molar-refractivity contribution in [1.82, 2.24) is 9.55 Å². The van der Waals surface area contributed by atoms with E-state index in [-0.39, 0.29) is 24.0 Å². The number of hydrogen-bond donors (Lipinski definition) is 0. The second-order valence-corrected chi connectivity index (χ2v) is 3.84. The Hall–Kier alpha value is -1.59. The van der Waals surface area contributed by atoms with Crippen LogP contribution in [0.25, 0.3) is 5.69 Å². The summed E-state index contributed by atoms with van der Waals surface area (Å²) in [6.45, 7) is 1.71. The first-order chi connectivity index (χ1) is 8.13. The van der Waals surface area contributed by atoms with Gasteiger partial charge in [-0.3, -0.25) is 10.1 Å². The molecule has 0 aliphatic heterocycles. The summed E-state index contributed by atoms with van der Waals surface area (Å²) < 4.78 is 1.74. The maximum absolute atomic E-state index is 10.9. The third-order valence-corrected chi connectivity index (χ3v) is 2.74. The number of rotatable bonds is 3. The van der Waals surface area contributed by atoms with Gasteiger partial charge in [-0.15, -0.1) is 24.0 Å². The SMILES string of the molecule is Cc1ccc(-n2ccnc2CCl)cc1[N+](=O)[O-].Cl. The zero-order valence-electron chi connectivity index (χ0n) is 9.54. The molecule has 1 aromatic carbocycles. The van der Waals surface area contributed by atoms with Crippen molar-refractivity contribution in [2.75, 3.05) is 0 Å². The van der Waals surface area contributed by atoms with Gasteiger partial charge >= 0.3 is 0 Å². The van der Waals surface area contributed by atoms with Crippen LogP contribution in [0.1, 0.15) is 11.4 Å². The largest absolute Gasteiger partial charge is 0.303 e. The molecule has 7 heteroatoms. The summed E-state index contributed by atoms with van der Waals surface area (Å²) in [6, 6.07) is 5.04. The smallest absolute Gasteiger partial charge is 0.274 e. The molecule has 96 valence electrons. The van der Waals surface area contributed by atoms with Gasteiger partial charge in [-0.2, -0.15) is 0 Å². The fourth-order valence-electron chi connectivity index (χ4n) is 1.61. The molecule has 0 N–H and O–H groups in total. The van der Waals surface area contributed by atoms with Crippen molar-refractivity contribution in [2.24, 2.45) is 0 Å². The predicted molar refractivity (Wildman–Crippen MR) is 71.8 cm³/mol. The first kappa shape index (κ1) is 14.5. The summed E-state index contributed by atoms with van der Waals surface area (Å²) in [6.07, 6.45) is 3.34. The number of aromatic nitrogens is 2. The number of nitrogens with zero attached hydrogens (tertiary/aromatic N) is 3. The molecule has 0 saturated carbocycles. The molecule has 5 nitrogen and oxygen atoms in total. The minimum Gasteiger partial charge on any atom is -0.303 e. The molecule has 2 rings (SSSR count). The van der Waals surface area contributed by atoms with Crippen molar-refractivity contribution in [3.8, 4) is 5.69 Å². The Morgan fingerprint density at radius 1 is 1.50 bits per heavy atom. The summed E-state index contributed by atoms with van der Waals surface area (Å²) in [7, 11) is 0. The molecular weight excluding hydrogens is 277 g/mol. The van der Waals surface area contributed by atoms with Gasteiger partial charge in [-0.05, 0) is 13.0 Å². The third-order valence-electron chi connectivity index (χ3n) is 2.50. The highest BCUT2D eigenvalue weighted by Crippen LogP contribution is 2.22. The third kappa shape index (κ3) is 2.63.